The molecule has 180 valence electrons. The van der Waals surface area contributed by atoms with Crippen molar-refractivity contribution in [2.24, 2.45) is 0 Å². The van der Waals surface area contributed by atoms with Crippen LogP contribution in [0, 0.1) is 0 Å². The molecular formula is C31H35N3O. The topological polar surface area (TPSA) is 44.4 Å². The van der Waals surface area contributed by atoms with E-state index in [1.807, 2.05) is 0 Å². The van der Waals surface area contributed by atoms with Crippen LogP contribution in [-0.2, 0) is 0 Å². The Bertz CT molecular complexity index is 1100. The van der Waals surface area contributed by atoms with Gasteiger partial charge in [0.1, 0.15) is 0 Å². The first-order valence-corrected chi connectivity index (χ1v) is 13.4. The molecule has 2 amide bonds. The van der Waals surface area contributed by atoms with E-state index >= 15 is 0 Å². The molecule has 3 aromatic rings. The molecule has 0 saturated heterocycles. The van der Waals surface area contributed by atoms with E-state index in [0.29, 0.717) is 17.9 Å². The van der Waals surface area contributed by atoms with Crippen LogP contribution in [0.1, 0.15) is 79.0 Å². The third-order valence-electron chi connectivity index (χ3n) is 8.21. The number of urea groups is 1. The van der Waals surface area contributed by atoms with Crippen LogP contribution >= 0.6 is 0 Å². The number of nitrogens with zero attached hydrogens (tertiary/aromatic N) is 1. The summed E-state index contributed by atoms with van der Waals surface area (Å²) >= 11 is 0. The molecule has 0 radical (unpaired) electrons. The first-order chi connectivity index (χ1) is 17.3. The van der Waals surface area contributed by atoms with E-state index in [4.69, 9.17) is 0 Å². The predicted octanol–water partition coefficient (Wildman–Crippen LogP) is 7.02. The van der Waals surface area contributed by atoms with E-state index < -0.39 is 0 Å². The molecule has 2 heterocycles. The number of amides is 2. The molecule has 2 N–H and O–H groups in total. The zero-order valence-electron chi connectivity index (χ0n) is 20.4. The van der Waals surface area contributed by atoms with E-state index in [1.54, 1.807) is 0 Å². The lowest BCUT2D eigenvalue weighted by molar-refractivity contribution is 0.244. The van der Waals surface area contributed by atoms with Crippen molar-refractivity contribution in [3.05, 3.63) is 95.1 Å². The molecule has 2 aliphatic heterocycles. The highest BCUT2D eigenvalue weighted by atomic mass is 16.2. The fourth-order valence-corrected chi connectivity index (χ4v) is 6.53. The maximum atomic E-state index is 13.0. The first kappa shape index (κ1) is 22.2. The fourth-order valence-electron chi connectivity index (χ4n) is 6.53. The highest BCUT2D eigenvalue weighted by Gasteiger charge is 2.35. The van der Waals surface area contributed by atoms with Gasteiger partial charge in [0.2, 0.25) is 0 Å². The van der Waals surface area contributed by atoms with Crippen LogP contribution in [0.15, 0.2) is 72.8 Å². The first-order valence-electron chi connectivity index (χ1n) is 13.4. The Morgan fingerprint density at radius 1 is 0.714 bits per heavy atom. The third kappa shape index (κ3) is 4.54. The van der Waals surface area contributed by atoms with Crippen molar-refractivity contribution in [2.75, 3.05) is 23.3 Å². The summed E-state index contributed by atoms with van der Waals surface area (Å²) in [6.07, 6.45) is 8.08. The number of rotatable bonds is 4. The second kappa shape index (κ2) is 9.77. The molecule has 4 heteroatoms. The molecule has 0 bridgehead atoms. The summed E-state index contributed by atoms with van der Waals surface area (Å²) in [4.78, 5) is 15.6. The van der Waals surface area contributed by atoms with Gasteiger partial charge in [-0.15, -0.1) is 0 Å². The highest BCUT2D eigenvalue weighted by molar-refractivity contribution is 5.90. The van der Waals surface area contributed by atoms with Crippen LogP contribution in [0.25, 0.3) is 0 Å². The number of hydrogen-bond acceptors (Lipinski definition) is 2. The Kier molecular flexibility index (Phi) is 6.20. The molecule has 2 unspecified atom stereocenters. The summed E-state index contributed by atoms with van der Waals surface area (Å²) in [7, 11) is 0. The number of carbonyl (C=O) groups is 1. The van der Waals surface area contributed by atoms with Crippen molar-refractivity contribution in [2.45, 2.75) is 62.8 Å². The number of hydrogen-bond donors (Lipinski definition) is 2. The zero-order chi connectivity index (χ0) is 23.6. The standard InChI is InChI=1S/C31H35N3O/c35-31(32-24-14-8-3-9-15-24)33-25-20-28-26(22-10-4-1-5-11-22)16-18-34-19-17-27(29(21-25)30(28)34)23-12-6-2-7-13-23/h1-2,4-7,10-13,20-21,24,26-27H,3,8-9,14-19H2,(H2,32,33,35). The third-order valence-corrected chi connectivity index (χ3v) is 8.21. The second-order valence-electron chi connectivity index (χ2n) is 10.4. The number of benzene rings is 3. The number of nitrogens with one attached hydrogen (secondary N) is 2. The quantitative estimate of drug-likeness (QED) is 0.435. The van der Waals surface area contributed by atoms with Crippen molar-refractivity contribution >= 4 is 17.4 Å². The van der Waals surface area contributed by atoms with Gasteiger partial charge in [0.25, 0.3) is 0 Å². The van der Waals surface area contributed by atoms with Gasteiger partial charge in [-0.1, -0.05) is 79.9 Å². The molecule has 4 nitrogen and oxygen atoms in total. The number of anilines is 2. The zero-order valence-corrected chi connectivity index (χ0v) is 20.4. The molecule has 0 aromatic heterocycles. The Hall–Kier alpha value is -3.27. The lowest BCUT2D eigenvalue weighted by Gasteiger charge is -2.43. The minimum Gasteiger partial charge on any atom is -0.371 e. The van der Waals surface area contributed by atoms with E-state index in [2.05, 4.69) is 88.3 Å². The fraction of sp³-hybridized carbons (Fsp3) is 0.387. The van der Waals surface area contributed by atoms with Crippen molar-refractivity contribution in [3.8, 4) is 0 Å². The van der Waals surface area contributed by atoms with Crippen molar-refractivity contribution in [1.82, 2.24) is 5.32 Å². The maximum absolute atomic E-state index is 13.0. The van der Waals surface area contributed by atoms with Gasteiger partial charge in [0.15, 0.2) is 0 Å². The minimum atomic E-state index is -0.0694. The smallest absolute Gasteiger partial charge is 0.319 e. The summed E-state index contributed by atoms with van der Waals surface area (Å²) in [5, 5.41) is 6.46. The Balaban J connectivity index is 1.39. The molecule has 1 fully saturated rings. The van der Waals surface area contributed by atoms with Crippen LogP contribution in [0.2, 0.25) is 0 Å². The molecule has 2 atom stereocenters. The summed E-state index contributed by atoms with van der Waals surface area (Å²) in [5.74, 6) is 0.692. The average molecular weight is 466 g/mol. The van der Waals surface area contributed by atoms with E-state index in [0.717, 1.165) is 44.5 Å². The maximum Gasteiger partial charge on any atom is 0.319 e. The van der Waals surface area contributed by atoms with Crippen LogP contribution in [0.3, 0.4) is 0 Å². The molecule has 1 aliphatic carbocycles. The Labute approximate surface area is 208 Å². The monoisotopic (exact) mass is 465 g/mol. The highest BCUT2D eigenvalue weighted by Crippen LogP contribution is 2.49. The number of carbonyl (C=O) groups excluding carboxylic acids is 1. The second-order valence-corrected chi connectivity index (χ2v) is 10.4. The minimum absolute atomic E-state index is 0.0694. The molecule has 35 heavy (non-hydrogen) atoms. The summed E-state index contributed by atoms with van der Waals surface area (Å²) in [6.45, 7) is 2.16. The van der Waals surface area contributed by atoms with Crippen LogP contribution in [0.5, 0.6) is 0 Å². The lowest BCUT2D eigenvalue weighted by atomic mass is 9.76. The van der Waals surface area contributed by atoms with Gasteiger partial charge in [0.05, 0.1) is 0 Å². The van der Waals surface area contributed by atoms with Gasteiger partial charge < -0.3 is 15.5 Å². The van der Waals surface area contributed by atoms with Gasteiger partial charge in [-0.25, -0.2) is 4.79 Å². The largest absolute Gasteiger partial charge is 0.371 e. The van der Waals surface area contributed by atoms with Gasteiger partial charge in [-0.3, -0.25) is 0 Å². The van der Waals surface area contributed by atoms with E-state index in [-0.39, 0.29) is 6.03 Å². The molecule has 0 spiro atoms. The summed E-state index contributed by atoms with van der Waals surface area (Å²) in [6, 6.07) is 26.5. The van der Waals surface area contributed by atoms with Gasteiger partial charge in [-0.05, 0) is 60.1 Å². The van der Waals surface area contributed by atoms with Gasteiger partial charge >= 0.3 is 6.03 Å². The Morgan fingerprint density at radius 2 is 1.26 bits per heavy atom. The van der Waals surface area contributed by atoms with Crippen molar-refractivity contribution in [1.29, 1.82) is 0 Å². The molecular weight excluding hydrogens is 430 g/mol. The molecule has 6 rings (SSSR count). The van der Waals surface area contributed by atoms with E-state index in [9.17, 15) is 4.79 Å². The van der Waals surface area contributed by atoms with Gasteiger partial charge in [-0.2, -0.15) is 0 Å². The van der Waals surface area contributed by atoms with E-state index in [1.165, 1.54) is 47.2 Å². The molecule has 1 saturated carbocycles. The Morgan fingerprint density at radius 3 is 1.80 bits per heavy atom. The van der Waals surface area contributed by atoms with Gasteiger partial charge in [0, 0.05) is 42.3 Å². The SMILES string of the molecule is O=C(Nc1cc2c3c(c1)C(c1ccccc1)CCN3CCC2c1ccccc1)NC1CCCCC1. The van der Waals surface area contributed by atoms with Crippen molar-refractivity contribution < 1.29 is 4.79 Å². The summed E-state index contributed by atoms with van der Waals surface area (Å²) in [5.41, 5.74) is 7.74. The predicted molar refractivity (Wildman–Crippen MR) is 143 cm³/mol. The van der Waals surface area contributed by atoms with Crippen LogP contribution < -0.4 is 15.5 Å². The summed E-state index contributed by atoms with van der Waals surface area (Å²) < 4.78 is 0. The lowest BCUT2D eigenvalue weighted by Crippen LogP contribution is -2.39. The van der Waals surface area contributed by atoms with Crippen LogP contribution in [-0.4, -0.2) is 25.2 Å². The van der Waals surface area contributed by atoms with Crippen molar-refractivity contribution in [3.63, 3.8) is 0 Å². The average Bonchev–Trinajstić information content (AvgIpc) is 2.90. The normalized spacial score (nSPS) is 21.8. The molecule has 3 aliphatic rings. The van der Waals surface area contributed by atoms with Crippen LogP contribution in [0.4, 0.5) is 16.2 Å². The molecule has 3 aromatic carbocycles.